The zero-order valence-corrected chi connectivity index (χ0v) is 12.5. The topological polar surface area (TPSA) is 12.0 Å². The molecule has 0 spiro atoms. The van der Waals surface area contributed by atoms with E-state index >= 15 is 0 Å². The lowest BCUT2D eigenvalue weighted by molar-refractivity contribution is 0.351. The molecule has 17 heavy (non-hydrogen) atoms. The fourth-order valence-electron chi connectivity index (χ4n) is 2.04. The monoisotopic (exact) mass is 301 g/mol. The van der Waals surface area contributed by atoms with Crippen molar-refractivity contribution in [2.24, 2.45) is 5.92 Å². The van der Waals surface area contributed by atoms with Crippen LogP contribution in [0.2, 0.25) is 0 Å². The Hall–Kier alpha value is -0.410. The Labute approximate surface area is 112 Å². The van der Waals surface area contributed by atoms with Gasteiger partial charge in [-0.2, -0.15) is 0 Å². The maximum absolute atomic E-state index is 13.7. The molecule has 0 heterocycles. The van der Waals surface area contributed by atoms with Gasteiger partial charge in [-0.25, -0.2) is 4.39 Å². The van der Waals surface area contributed by atoms with Gasteiger partial charge in [-0.3, -0.25) is 0 Å². The van der Waals surface area contributed by atoms with Gasteiger partial charge in [0.05, 0.1) is 0 Å². The number of nitrogens with one attached hydrogen (secondary N) is 1. The third kappa shape index (κ3) is 4.07. The molecule has 0 fully saturated rings. The van der Waals surface area contributed by atoms with Crippen molar-refractivity contribution in [3.05, 3.63) is 34.1 Å². The Bertz CT molecular complexity index is 365. The van der Waals surface area contributed by atoms with Crippen LogP contribution in [0.1, 0.15) is 45.7 Å². The van der Waals surface area contributed by atoms with Crippen molar-refractivity contribution in [3.63, 3.8) is 0 Å². The molecule has 1 N–H and O–H groups in total. The third-order valence-corrected chi connectivity index (χ3v) is 3.63. The van der Waals surface area contributed by atoms with E-state index in [1.54, 1.807) is 6.07 Å². The molecule has 96 valence electrons. The molecule has 3 heteroatoms. The highest BCUT2D eigenvalue weighted by Crippen LogP contribution is 2.23. The van der Waals surface area contributed by atoms with Gasteiger partial charge in [0.2, 0.25) is 0 Å². The summed E-state index contributed by atoms with van der Waals surface area (Å²) in [5.41, 5.74) is 0.721. The lowest BCUT2D eigenvalue weighted by atomic mass is 9.99. The van der Waals surface area contributed by atoms with Crippen LogP contribution in [0.15, 0.2) is 22.7 Å². The first-order valence-corrected chi connectivity index (χ1v) is 6.96. The van der Waals surface area contributed by atoms with Gasteiger partial charge < -0.3 is 5.32 Å². The first kappa shape index (κ1) is 14.7. The van der Waals surface area contributed by atoms with E-state index in [-0.39, 0.29) is 11.9 Å². The van der Waals surface area contributed by atoms with Crippen molar-refractivity contribution < 1.29 is 4.39 Å². The molecule has 2 unspecified atom stereocenters. The van der Waals surface area contributed by atoms with Crippen molar-refractivity contribution in [3.8, 4) is 0 Å². The van der Waals surface area contributed by atoms with Gasteiger partial charge in [0, 0.05) is 22.1 Å². The number of halogens is 2. The molecule has 0 aliphatic carbocycles. The predicted octanol–water partition coefficient (Wildman–Crippen LogP) is 4.67. The van der Waals surface area contributed by atoms with E-state index < -0.39 is 0 Å². The van der Waals surface area contributed by atoms with Crippen LogP contribution in [0.4, 0.5) is 4.39 Å². The molecular weight excluding hydrogens is 281 g/mol. The van der Waals surface area contributed by atoms with Gasteiger partial charge in [0.25, 0.3) is 0 Å². The second-order valence-corrected chi connectivity index (χ2v) is 5.73. The van der Waals surface area contributed by atoms with Crippen LogP contribution in [0.25, 0.3) is 0 Å². The van der Waals surface area contributed by atoms with Gasteiger partial charge in [0.1, 0.15) is 5.82 Å². The number of benzene rings is 1. The first-order chi connectivity index (χ1) is 7.95. The van der Waals surface area contributed by atoms with Gasteiger partial charge >= 0.3 is 0 Å². The standard InChI is InChI=1S/C14H21BrFN/c1-5-14(9(2)3)17-10(4)12-8-11(15)6-7-13(12)16/h6-10,14,17H,5H2,1-4H3. The smallest absolute Gasteiger partial charge is 0.128 e. The second-order valence-electron chi connectivity index (χ2n) is 4.81. The Morgan fingerprint density at radius 1 is 1.29 bits per heavy atom. The maximum atomic E-state index is 13.7. The van der Waals surface area contributed by atoms with E-state index in [4.69, 9.17) is 0 Å². The second kappa shape index (κ2) is 6.50. The minimum atomic E-state index is -0.146. The predicted molar refractivity (Wildman–Crippen MR) is 74.6 cm³/mol. The van der Waals surface area contributed by atoms with E-state index in [0.29, 0.717) is 12.0 Å². The molecule has 0 aliphatic rings. The van der Waals surface area contributed by atoms with Crippen molar-refractivity contribution in [2.45, 2.75) is 46.2 Å². The highest BCUT2D eigenvalue weighted by Gasteiger charge is 2.17. The van der Waals surface area contributed by atoms with E-state index in [9.17, 15) is 4.39 Å². The molecular formula is C14H21BrFN. The van der Waals surface area contributed by atoms with Gasteiger partial charge in [-0.15, -0.1) is 0 Å². The van der Waals surface area contributed by atoms with Crippen LogP contribution < -0.4 is 5.32 Å². The quantitative estimate of drug-likeness (QED) is 0.833. The van der Waals surface area contributed by atoms with E-state index in [2.05, 4.69) is 42.0 Å². The average Bonchev–Trinajstić information content (AvgIpc) is 2.28. The number of hydrogen-bond acceptors (Lipinski definition) is 1. The highest BCUT2D eigenvalue weighted by atomic mass is 79.9. The Morgan fingerprint density at radius 2 is 1.94 bits per heavy atom. The van der Waals surface area contributed by atoms with Gasteiger partial charge in [-0.1, -0.05) is 36.7 Å². The SMILES string of the molecule is CCC(NC(C)c1cc(Br)ccc1F)C(C)C. The summed E-state index contributed by atoms with van der Waals surface area (Å²) >= 11 is 3.38. The van der Waals surface area contributed by atoms with E-state index in [1.165, 1.54) is 6.07 Å². The van der Waals surface area contributed by atoms with Crippen LogP contribution in [-0.4, -0.2) is 6.04 Å². The zero-order valence-electron chi connectivity index (χ0n) is 10.9. The van der Waals surface area contributed by atoms with Crippen LogP contribution in [-0.2, 0) is 0 Å². The largest absolute Gasteiger partial charge is 0.307 e. The van der Waals surface area contributed by atoms with E-state index in [1.807, 2.05) is 13.0 Å². The van der Waals surface area contributed by atoms with Crippen LogP contribution >= 0.6 is 15.9 Å². The molecule has 0 saturated heterocycles. The highest BCUT2D eigenvalue weighted by molar-refractivity contribution is 9.10. The summed E-state index contributed by atoms with van der Waals surface area (Å²) in [6.45, 7) is 8.54. The van der Waals surface area contributed by atoms with Gasteiger partial charge in [0.15, 0.2) is 0 Å². The fraction of sp³-hybridized carbons (Fsp3) is 0.571. The summed E-state index contributed by atoms with van der Waals surface area (Å²) in [5.74, 6) is 0.407. The minimum Gasteiger partial charge on any atom is -0.307 e. The normalized spacial score (nSPS) is 15.0. The summed E-state index contributed by atoms with van der Waals surface area (Å²) in [7, 11) is 0. The number of hydrogen-bond donors (Lipinski definition) is 1. The zero-order chi connectivity index (χ0) is 13.0. The van der Waals surface area contributed by atoms with Crippen molar-refractivity contribution in [1.82, 2.24) is 5.32 Å². The molecule has 1 rings (SSSR count). The molecule has 0 radical (unpaired) electrons. The Kier molecular flexibility index (Phi) is 5.60. The molecule has 0 aliphatic heterocycles. The molecule has 2 atom stereocenters. The first-order valence-electron chi connectivity index (χ1n) is 6.16. The van der Waals surface area contributed by atoms with Crippen LogP contribution in [0.5, 0.6) is 0 Å². The summed E-state index contributed by atoms with van der Waals surface area (Å²) < 4.78 is 14.6. The molecule has 0 saturated carbocycles. The molecule has 0 amide bonds. The lowest BCUT2D eigenvalue weighted by Gasteiger charge is -2.26. The Balaban J connectivity index is 2.81. The molecule has 0 bridgehead atoms. The van der Waals surface area contributed by atoms with Gasteiger partial charge in [-0.05, 0) is 37.5 Å². The third-order valence-electron chi connectivity index (χ3n) is 3.13. The molecule has 0 aromatic heterocycles. The van der Waals surface area contributed by atoms with Crippen LogP contribution in [0.3, 0.4) is 0 Å². The minimum absolute atomic E-state index is 0.0276. The average molecular weight is 302 g/mol. The van der Waals surface area contributed by atoms with Crippen molar-refractivity contribution in [1.29, 1.82) is 0 Å². The van der Waals surface area contributed by atoms with Crippen molar-refractivity contribution in [2.75, 3.05) is 0 Å². The molecule has 1 aromatic rings. The summed E-state index contributed by atoms with van der Waals surface area (Å²) in [5, 5.41) is 3.49. The fourth-order valence-corrected chi connectivity index (χ4v) is 2.42. The Morgan fingerprint density at radius 3 is 2.47 bits per heavy atom. The molecule has 1 aromatic carbocycles. The summed E-state index contributed by atoms with van der Waals surface area (Å²) in [4.78, 5) is 0. The lowest BCUT2D eigenvalue weighted by Crippen LogP contribution is -2.35. The maximum Gasteiger partial charge on any atom is 0.128 e. The summed E-state index contributed by atoms with van der Waals surface area (Å²) in [6, 6.07) is 5.53. The molecule has 1 nitrogen and oxygen atoms in total. The number of rotatable bonds is 5. The van der Waals surface area contributed by atoms with Crippen LogP contribution in [0, 0.1) is 11.7 Å². The van der Waals surface area contributed by atoms with E-state index in [0.717, 1.165) is 16.5 Å². The van der Waals surface area contributed by atoms with Crippen molar-refractivity contribution >= 4 is 15.9 Å². The summed E-state index contributed by atoms with van der Waals surface area (Å²) in [6.07, 6.45) is 1.05.